The maximum absolute atomic E-state index is 11.9. The number of urea groups is 1. The first kappa shape index (κ1) is 20.2. The van der Waals surface area contributed by atoms with Gasteiger partial charge in [0, 0.05) is 18.0 Å². The summed E-state index contributed by atoms with van der Waals surface area (Å²) in [6.45, 7) is 9.31. The van der Waals surface area contributed by atoms with E-state index in [1.54, 1.807) is 0 Å². The molecule has 0 bridgehead atoms. The zero-order valence-electron chi connectivity index (χ0n) is 15.4. The molecule has 3 amide bonds. The first-order valence-corrected chi connectivity index (χ1v) is 8.97. The van der Waals surface area contributed by atoms with Crippen LogP contribution in [0.3, 0.4) is 0 Å². The average Bonchev–Trinajstić information content (AvgIpc) is 2.55. The van der Waals surface area contributed by atoms with E-state index in [2.05, 4.69) is 62.6 Å². The monoisotopic (exact) mass is 334 g/mol. The van der Waals surface area contributed by atoms with Gasteiger partial charge in [0.1, 0.15) is 6.04 Å². The Morgan fingerprint density at radius 1 is 1.12 bits per heavy atom. The zero-order chi connectivity index (χ0) is 17.9. The summed E-state index contributed by atoms with van der Waals surface area (Å²) in [5.41, 5.74) is 2.52. The number of rotatable bonds is 9. The quantitative estimate of drug-likeness (QED) is 0.605. The van der Waals surface area contributed by atoms with Gasteiger partial charge in [-0.05, 0) is 18.4 Å². The lowest BCUT2D eigenvalue weighted by Crippen LogP contribution is -2.88. The molecule has 0 aromatic heterocycles. The summed E-state index contributed by atoms with van der Waals surface area (Å²) in [6, 6.07) is 8.34. The molecule has 24 heavy (non-hydrogen) atoms. The molecule has 0 heterocycles. The number of carbonyl (C=O) groups is 2. The van der Waals surface area contributed by atoms with Gasteiger partial charge in [0.2, 0.25) is 0 Å². The summed E-state index contributed by atoms with van der Waals surface area (Å²) in [4.78, 5) is 23.5. The van der Waals surface area contributed by atoms with E-state index in [1.807, 2.05) is 5.32 Å². The van der Waals surface area contributed by atoms with Crippen molar-refractivity contribution < 1.29 is 14.9 Å². The standard InChI is InChI=1S/C19H31N3O2/c1-5-7-12-20-19(24)22-17(23)13-21-18(14(3)4)16-10-8-15(6-2)9-11-16/h8-11,14,18,21H,5-7,12-13H2,1-4H3,(H2,20,22,23,24)/p+1/t18-/m0/s1. The second-order valence-corrected chi connectivity index (χ2v) is 6.46. The third-order valence-corrected chi connectivity index (χ3v) is 4.12. The molecule has 0 aliphatic rings. The number of unbranched alkanes of at least 4 members (excludes halogenated alkanes) is 1. The predicted octanol–water partition coefficient (Wildman–Crippen LogP) is 2.14. The number of imide groups is 1. The maximum Gasteiger partial charge on any atom is 0.321 e. The topological polar surface area (TPSA) is 74.8 Å². The lowest BCUT2D eigenvalue weighted by atomic mass is 9.95. The molecule has 0 spiro atoms. The highest BCUT2D eigenvalue weighted by atomic mass is 16.2. The van der Waals surface area contributed by atoms with E-state index in [-0.39, 0.29) is 18.5 Å². The molecule has 1 atom stereocenters. The van der Waals surface area contributed by atoms with Gasteiger partial charge in [-0.15, -0.1) is 0 Å². The molecule has 5 nitrogen and oxygen atoms in total. The average molecular weight is 334 g/mol. The van der Waals surface area contributed by atoms with Crippen LogP contribution in [0.1, 0.15) is 57.7 Å². The van der Waals surface area contributed by atoms with Crippen molar-refractivity contribution in [1.82, 2.24) is 10.6 Å². The first-order chi connectivity index (χ1) is 11.5. The molecule has 0 aliphatic carbocycles. The van der Waals surface area contributed by atoms with Crippen molar-refractivity contribution in [1.29, 1.82) is 0 Å². The van der Waals surface area contributed by atoms with E-state index in [0.717, 1.165) is 19.3 Å². The van der Waals surface area contributed by atoms with E-state index in [1.165, 1.54) is 11.1 Å². The molecule has 1 aromatic carbocycles. The van der Waals surface area contributed by atoms with Crippen molar-refractivity contribution in [3.05, 3.63) is 35.4 Å². The van der Waals surface area contributed by atoms with Crippen molar-refractivity contribution in [2.24, 2.45) is 5.92 Å². The molecular formula is C19H32N3O2+. The summed E-state index contributed by atoms with van der Waals surface area (Å²) in [7, 11) is 0. The SMILES string of the molecule is CCCCNC(=O)NC(=O)C[NH2+][C@H](c1ccc(CC)cc1)C(C)C. The van der Waals surface area contributed by atoms with E-state index in [0.29, 0.717) is 12.5 Å². The molecule has 5 heteroatoms. The number of quaternary nitrogens is 1. The molecule has 0 fully saturated rings. The third kappa shape index (κ3) is 7.13. The van der Waals surface area contributed by atoms with Crippen LogP contribution >= 0.6 is 0 Å². The van der Waals surface area contributed by atoms with Gasteiger partial charge in [0.25, 0.3) is 5.91 Å². The van der Waals surface area contributed by atoms with E-state index >= 15 is 0 Å². The molecule has 0 saturated carbocycles. The molecular weight excluding hydrogens is 302 g/mol. The first-order valence-electron chi connectivity index (χ1n) is 8.97. The number of benzene rings is 1. The highest BCUT2D eigenvalue weighted by molar-refractivity contribution is 5.94. The van der Waals surface area contributed by atoms with Gasteiger partial charge in [-0.1, -0.05) is 58.4 Å². The van der Waals surface area contributed by atoms with Crippen molar-refractivity contribution in [3.8, 4) is 0 Å². The molecule has 0 unspecified atom stereocenters. The van der Waals surface area contributed by atoms with Crippen LogP contribution in [0.15, 0.2) is 24.3 Å². The van der Waals surface area contributed by atoms with Crippen LogP contribution in [0, 0.1) is 5.92 Å². The minimum atomic E-state index is -0.407. The van der Waals surface area contributed by atoms with Gasteiger partial charge in [0.05, 0.1) is 0 Å². The van der Waals surface area contributed by atoms with E-state index in [9.17, 15) is 9.59 Å². The van der Waals surface area contributed by atoms with Crippen molar-refractivity contribution >= 4 is 11.9 Å². The Morgan fingerprint density at radius 3 is 2.33 bits per heavy atom. The van der Waals surface area contributed by atoms with Gasteiger partial charge >= 0.3 is 6.03 Å². The van der Waals surface area contributed by atoms with Gasteiger partial charge < -0.3 is 10.6 Å². The molecule has 1 aromatic rings. The Balaban J connectivity index is 2.50. The van der Waals surface area contributed by atoms with Gasteiger partial charge in [-0.25, -0.2) is 4.79 Å². The Hall–Kier alpha value is -1.88. The van der Waals surface area contributed by atoms with Gasteiger partial charge in [0.15, 0.2) is 6.54 Å². The Labute approximate surface area is 145 Å². The number of nitrogens with two attached hydrogens (primary N) is 1. The lowest BCUT2D eigenvalue weighted by Gasteiger charge is -2.19. The molecule has 0 saturated heterocycles. The Kier molecular flexibility index (Phi) is 9.08. The van der Waals surface area contributed by atoms with Crippen LogP contribution in [0.2, 0.25) is 0 Å². The van der Waals surface area contributed by atoms with Crippen LogP contribution in [-0.4, -0.2) is 25.0 Å². The van der Waals surface area contributed by atoms with Crippen LogP contribution in [0.5, 0.6) is 0 Å². The number of hydrogen-bond donors (Lipinski definition) is 3. The summed E-state index contributed by atoms with van der Waals surface area (Å²) < 4.78 is 0. The predicted molar refractivity (Wildman–Crippen MR) is 96.6 cm³/mol. The fraction of sp³-hybridized carbons (Fsp3) is 0.579. The second kappa shape index (κ2) is 10.8. The summed E-state index contributed by atoms with van der Waals surface area (Å²) in [5.74, 6) is 0.128. The van der Waals surface area contributed by atoms with Crippen LogP contribution in [-0.2, 0) is 11.2 Å². The molecule has 0 aliphatic heterocycles. The van der Waals surface area contributed by atoms with E-state index in [4.69, 9.17) is 0 Å². The zero-order valence-corrected chi connectivity index (χ0v) is 15.4. The van der Waals surface area contributed by atoms with Gasteiger partial charge in [-0.2, -0.15) is 0 Å². The highest BCUT2D eigenvalue weighted by Crippen LogP contribution is 2.18. The minimum Gasteiger partial charge on any atom is -0.338 e. The molecule has 134 valence electrons. The van der Waals surface area contributed by atoms with E-state index < -0.39 is 6.03 Å². The normalized spacial score (nSPS) is 12.0. The highest BCUT2D eigenvalue weighted by Gasteiger charge is 2.21. The maximum atomic E-state index is 11.9. The molecule has 4 N–H and O–H groups in total. The molecule has 1 rings (SSSR count). The number of nitrogens with one attached hydrogen (secondary N) is 2. The lowest BCUT2D eigenvalue weighted by molar-refractivity contribution is -0.692. The van der Waals surface area contributed by atoms with Gasteiger partial charge in [-0.3, -0.25) is 10.1 Å². The number of amides is 3. The van der Waals surface area contributed by atoms with Crippen molar-refractivity contribution in [2.75, 3.05) is 13.1 Å². The molecule has 0 radical (unpaired) electrons. The number of carbonyl (C=O) groups excluding carboxylic acids is 2. The van der Waals surface area contributed by atoms with Crippen molar-refractivity contribution in [2.45, 2.75) is 53.0 Å². The fourth-order valence-electron chi connectivity index (χ4n) is 2.60. The van der Waals surface area contributed by atoms with Crippen LogP contribution in [0.4, 0.5) is 4.79 Å². The summed E-state index contributed by atoms with van der Waals surface area (Å²) in [6.07, 6.45) is 2.94. The second-order valence-electron chi connectivity index (χ2n) is 6.46. The number of hydrogen-bond acceptors (Lipinski definition) is 2. The largest absolute Gasteiger partial charge is 0.338 e. The van der Waals surface area contributed by atoms with Crippen molar-refractivity contribution in [3.63, 3.8) is 0 Å². The van der Waals surface area contributed by atoms with Crippen LogP contribution < -0.4 is 16.0 Å². The Morgan fingerprint density at radius 2 is 1.79 bits per heavy atom. The minimum absolute atomic E-state index is 0.199. The summed E-state index contributed by atoms with van der Waals surface area (Å²) >= 11 is 0. The summed E-state index contributed by atoms with van der Waals surface area (Å²) in [5, 5.41) is 7.07. The smallest absolute Gasteiger partial charge is 0.321 e. The third-order valence-electron chi connectivity index (χ3n) is 4.12. The Bertz CT molecular complexity index is 512. The fourth-order valence-corrected chi connectivity index (χ4v) is 2.60. The number of aryl methyl sites for hydroxylation is 1. The van der Waals surface area contributed by atoms with Crippen LogP contribution in [0.25, 0.3) is 0 Å².